The van der Waals surface area contributed by atoms with Gasteiger partial charge in [-0.25, -0.2) is 9.59 Å². The van der Waals surface area contributed by atoms with Gasteiger partial charge < -0.3 is 28.4 Å². The molecule has 5 aromatic carbocycles. The predicted octanol–water partition coefficient (Wildman–Crippen LogP) is 14.8. The first-order chi connectivity index (χ1) is 33.4. The molecule has 0 saturated heterocycles. The zero-order chi connectivity index (χ0) is 48.0. The molecule has 0 N–H and O–H groups in total. The third-order valence-corrected chi connectivity index (χ3v) is 11.1. The molecule has 0 unspecified atom stereocenters. The van der Waals surface area contributed by atoms with Crippen molar-refractivity contribution in [1.29, 1.82) is 0 Å². The van der Waals surface area contributed by atoms with Crippen molar-refractivity contribution < 1.29 is 38.0 Å². The number of unbranched alkanes of at least 4 members (excludes halogenated alkanes) is 12. The molecule has 0 fully saturated rings. The van der Waals surface area contributed by atoms with Crippen LogP contribution in [0.1, 0.15) is 173 Å². The first kappa shape index (κ1) is 52.3. The maximum Gasteiger partial charge on any atom is 0.343 e. The number of hydrogen-bond donors (Lipinski definition) is 0. The molecule has 0 aromatic heterocycles. The van der Waals surface area contributed by atoms with Gasteiger partial charge in [-0.15, -0.1) is 0 Å². The normalized spacial score (nSPS) is 10.5. The maximum absolute atomic E-state index is 13.2. The van der Waals surface area contributed by atoms with E-state index >= 15 is 0 Å². The fraction of sp³-hybridized carbons (Fsp3) is 0.400. The molecule has 68 heavy (non-hydrogen) atoms. The van der Waals surface area contributed by atoms with Gasteiger partial charge in [0.1, 0.15) is 11.5 Å². The third kappa shape index (κ3) is 18.9. The van der Waals surface area contributed by atoms with E-state index in [0.29, 0.717) is 72.1 Å². The Hall–Kier alpha value is -6.64. The van der Waals surface area contributed by atoms with Crippen molar-refractivity contribution in [1.82, 2.24) is 0 Å². The van der Waals surface area contributed by atoms with Crippen molar-refractivity contribution in [2.45, 2.75) is 130 Å². The Kier molecular flexibility index (Phi) is 23.6. The Balaban J connectivity index is 1.12. The molecule has 0 amide bonds. The van der Waals surface area contributed by atoms with Gasteiger partial charge in [0.05, 0.1) is 37.6 Å². The smallest absolute Gasteiger partial charge is 0.343 e. The summed E-state index contributed by atoms with van der Waals surface area (Å²) in [6, 6.07) is 32.4. The van der Waals surface area contributed by atoms with Gasteiger partial charge in [-0.1, -0.05) is 128 Å². The quantitative estimate of drug-likeness (QED) is 0.0212. The zero-order valence-corrected chi connectivity index (χ0v) is 40.8. The van der Waals surface area contributed by atoms with Crippen molar-refractivity contribution in [3.05, 3.63) is 143 Å². The Morgan fingerprint density at radius 2 is 0.618 bits per heavy atom. The van der Waals surface area contributed by atoms with Gasteiger partial charge in [0.25, 0.3) is 0 Å². The minimum absolute atomic E-state index is 0.394. The summed E-state index contributed by atoms with van der Waals surface area (Å²) in [6.07, 6.45) is 17.6. The molecule has 0 atom stereocenters. The highest BCUT2D eigenvalue weighted by molar-refractivity contribution is 5.92. The van der Waals surface area contributed by atoms with Crippen LogP contribution >= 0.6 is 0 Å². The van der Waals surface area contributed by atoms with Crippen LogP contribution in [0, 0.1) is 23.7 Å². The van der Waals surface area contributed by atoms with Crippen molar-refractivity contribution in [2.75, 3.05) is 26.4 Å². The molecule has 0 aliphatic rings. The van der Waals surface area contributed by atoms with Gasteiger partial charge in [0.2, 0.25) is 0 Å². The van der Waals surface area contributed by atoms with Crippen LogP contribution in [0.4, 0.5) is 0 Å². The van der Waals surface area contributed by atoms with E-state index < -0.39 is 11.9 Å². The molecule has 5 aromatic rings. The average molecular weight is 919 g/mol. The van der Waals surface area contributed by atoms with Gasteiger partial charge in [0.15, 0.2) is 23.0 Å². The van der Waals surface area contributed by atoms with Crippen LogP contribution in [0.25, 0.3) is 0 Å². The molecule has 8 heteroatoms. The van der Waals surface area contributed by atoms with E-state index in [1.165, 1.54) is 25.7 Å². The van der Waals surface area contributed by atoms with Crippen molar-refractivity contribution in [3.8, 4) is 58.2 Å². The molecule has 5 rings (SSSR count). The number of carbonyl (C=O) groups excluding carboxylic acids is 2. The zero-order valence-electron chi connectivity index (χ0n) is 40.8. The van der Waals surface area contributed by atoms with Crippen LogP contribution in [0.2, 0.25) is 0 Å². The van der Waals surface area contributed by atoms with Gasteiger partial charge in [-0.05, 0) is 135 Å². The molecule has 0 spiro atoms. The second kappa shape index (κ2) is 30.6. The molecule has 0 bridgehead atoms. The van der Waals surface area contributed by atoms with Crippen molar-refractivity contribution in [2.24, 2.45) is 0 Å². The summed E-state index contributed by atoms with van der Waals surface area (Å²) in [4.78, 5) is 26.4. The summed E-state index contributed by atoms with van der Waals surface area (Å²) in [5.41, 5.74) is 4.03. The SMILES string of the molecule is CCCCCCOc1ccc(C(=O)Oc2ccc(C#Cc3ccc(C#Cc4ccc(OC(=O)c5ccc(OCCCCCC)c(OCCCCCC)c5)cc4)cc3)cc2)cc1OCCCCCC. The summed E-state index contributed by atoms with van der Waals surface area (Å²) in [6.45, 7) is 11.1. The lowest BCUT2D eigenvalue weighted by Gasteiger charge is -2.14. The van der Waals surface area contributed by atoms with Crippen LogP contribution in [-0.2, 0) is 0 Å². The fourth-order valence-corrected chi connectivity index (χ4v) is 7.05. The number of carbonyl (C=O) groups is 2. The number of hydrogen-bond acceptors (Lipinski definition) is 8. The minimum atomic E-state index is -0.472. The number of esters is 2. The summed E-state index contributed by atoms with van der Waals surface area (Å²) in [7, 11) is 0. The van der Waals surface area contributed by atoms with Crippen LogP contribution in [0.5, 0.6) is 34.5 Å². The fourth-order valence-electron chi connectivity index (χ4n) is 7.05. The Morgan fingerprint density at radius 3 is 0.912 bits per heavy atom. The van der Waals surface area contributed by atoms with E-state index in [0.717, 1.165) is 99.3 Å². The maximum atomic E-state index is 13.2. The first-order valence-corrected chi connectivity index (χ1v) is 25.0. The van der Waals surface area contributed by atoms with Crippen molar-refractivity contribution in [3.63, 3.8) is 0 Å². The molecule has 0 radical (unpaired) electrons. The number of ether oxygens (including phenoxy) is 6. The largest absolute Gasteiger partial charge is 0.490 e. The molecule has 0 saturated carbocycles. The van der Waals surface area contributed by atoms with E-state index in [-0.39, 0.29) is 0 Å². The average Bonchev–Trinajstić information content (AvgIpc) is 3.36. The van der Waals surface area contributed by atoms with E-state index in [2.05, 4.69) is 51.4 Å². The Bertz CT molecular complexity index is 2230. The van der Waals surface area contributed by atoms with E-state index in [4.69, 9.17) is 28.4 Å². The molecule has 358 valence electrons. The topological polar surface area (TPSA) is 89.5 Å². The molecule has 0 heterocycles. The lowest BCUT2D eigenvalue weighted by atomic mass is 10.1. The second-order valence-electron chi connectivity index (χ2n) is 16.9. The van der Waals surface area contributed by atoms with Gasteiger partial charge >= 0.3 is 11.9 Å². The van der Waals surface area contributed by atoms with E-state index in [9.17, 15) is 9.59 Å². The Labute approximate surface area is 406 Å². The van der Waals surface area contributed by atoms with Gasteiger partial charge in [-0.3, -0.25) is 0 Å². The predicted molar refractivity (Wildman–Crippen MR) is 273 cm³/mol. The number of benzene rings is 5. The monoisotopic (exact) mass is 919 g/mol. The highest BCUT2D eigenvalue weighted by Crippen LogP contribution is 2.31. The molecule has 0 aliphatic carbocycles. The molecule has 0 aliphatic heterocycles. The lowest BCUT2D eigenvalue weighted by Crippen LogP contribution is -2.10. The van der Waals surface area contributed by atoms with Crippen molar-refractivity contribution >= 4 is 11.9 Å². The van der Waals surface area contributed by atoms with Gasteiger partial charge in [0, 0.05) is 22.3 Å². The highest BCUT2D eigenvalue weighted by Gasteiger charge is 2.16. The standard InChI is InChI=1S/C60H70O8/c1-5-9-13-17-41-63-55-39-33-51(45-57(55)65-43-19-15-11-7-3)59(61)67-53-35-29-49(30-36-53)27-25-47-21-23-48(24-22-47)26-28-50-31-37-54(38-32-50)68-60(62)52-34-40-56(64-42-18-14-10-6-2)58(46-52)66-44-20-16-12-8-4/h21-24,29-40,45-46H,5-20,41-44H2,1-4H3. The molecular formula is C60H70O8. The van der Waals surface area contributed by atoms with Crippen LogP contribution in [-0.4, -0.2) is 38.4 Å². The van der Waals surface area contributed by atoms with Crippen LogP contribution < -0.4 is 28.4 Å². The molecular weight excluding hydrogens is 849 g/mol. The Morgan fingerprint density at radius 1 is 0.338 bits per heavy atom. The summed E-state index contributed by atoms with van der Waals surface area (Å²) in [5, 5.41) is 0. The van der Waals surface area contributed by atoms with E-state index in [1.807, 2.05) is 48.5 Å². The molecule has 8 nitrogen and oxygen atoms in total. The first-order valence-electron chi connectivity index (χ1n) is 25.0. The summed E-state index contributed by atoms with van der Waals surface area (Å²) in [5.74, 6) is 15.1. The minimum Gasteiger partial charge on any atom is -0.490 e. The van der Waals surface area contributed by atoms with E-state index in [1.54, 1.807) is 60.7 Å². The lowest BCUT2D eigenvalue weighted by molar-refractivity contribution is 0.0724. The second-order valence-corrected chi connectivity index (χ2v) is 16.9. The van der Waals surface area contributed by atoms with Crippen LogP contribution in [0.15, 0.2) is 109 Å². The highest BCUT2D eigenvalue weighted by atomic mass is 16.5. The summed E-state index contributed by atoms with van der Waals surface area (Å²) >= 11 is 0. The summed E-state index contributed by atoms with van der Waals surface area (Å²) < 4.78 is 35.7. The van der Waals surface area contributed by atoms with Crippen LogP contribution in [0.3, 0.4) is 0 Å². The van der Waals surface area contributed by atoms with Gasteiger partial charge in [-0.2, -0.15) is 0 Å². The number of rotatable bonds is 28. The third-order valence-electron chi connectivity index (χ3n) is 11.1.